The molecule has 168 valence electrons. The van der Waals surface area contributed by atoms with Gasteiger partial charge in [0.1, 0.15) is 17.3 Å². The molecule has 1 saturated heterocycles. The quantitative estimate of drug-likeness (QED) is 0.318. The van der Waals surface area contributed by atoms with Crippen LogP contribution in [-0.4, -0.2) is 33.3 Å². The van der Waals surface area contributed by atoms with E-state index in [1.807, 2.05) is 6.92 Å². The molecule has 1 aliphatic rings. The van der Waals surface area contributed by atoms with E-state index in [-0.39, 0.29) is 28.5 Å². The molecule has 1 amide bonds. The highest BCUT2D eigenvalue weighted by molar-refractivity contribution is 6.46. The third kappa shape index (κ3) is 4.45. The summed E-state index contributed by atoms with van der Waals surface area (Å²) in [4.78, 5) is 31.5. The van der Waals surface area contributed by atoms with Crippen molar-refractivity contribution in [3.63, 3.8) is 0 Å². The summed E-state index contributed by atoms with van der Waals surface area (Å²) in [5, 5.41) is 11.4. The number of aromatic nitrogens is 1. The second-order valence-corrected chi connectivity index (χ2v) is 7.83. The van der Waals surface area contributed by atoms with Gasteiger partial charge in [0.2, 0.25) is 0 Å². The molecule has 1 aromatic heterocycles. The van der Waals surface area contributed by atoms with Crippen LogP contribution in [0.25, 0.3) is 5.76 Å². The van der Waals surface area contributed by atoms with Crippen LogP contribution in [0.2, 0.25) is 5.02 Å². The van der Waals surface area contributed by atoms with Crippen molar-refractivity contribution in [2.24, 2.45) is 0 Å². The average molecular weight is 467 g/mol. The van der Waals surface area contributed by atoms with Crippen LogP contribution in [0.15, 0.2) is 72.6 Å². The van der Waals surface area contributed by atoms with Crippen LogP contribution in [0.5, 0.6) is 5.75 Å². The van der Waals surface area contributed by atoms with Crippen molar-refractivity contribution in [3.05, 3.63) is 100 Å². The van der Waals surface area contributed by atoms with E-state index in [4.69, 9.17) is 16.3 Å². The first kappa shape index (κ1) is 22.5. The number of hydrogen-bond acceptors (Lipinski definition) is 5. The number of rotatable bonds is 6. The number of ether oxygens (including phenoxy) is 1. The first-order valence-electron chi connectivity index (χ1n) is 10.3. The zero-order chi connectivity index (χ0) is 23.5. The summed E-state index contributed by atoms with van der Waals surface area (Å²) in [5.74, 6) is -2.01. The van der Waals surface area contributed by atoms with E-state index in [0.29, 0.717) is 23.5 Å². The minimum atomic E-state index is -0.920. The van der Waals surface area contributed by atoms with Crippen molar-refractivity contribution in [1.29, 1.82) is 0 Å². The topological polar surface area (TPSA) is 79.7 Å². The van der Waals surface area contributed by atoms with Gasteiger partial charge in [0.25, 0.3) is 11.7 Å². The molecular weight excluding hydrogens is 447 g/mol. The Labute approximate surface area is 194 Å². The van der Waals surface area contributed by atoms with Gasteiger partial charge in [-0.15, -0.1) is 0 Å². The minimum absolute atomic E-state index is 0.0846. The number of hydrogen-bond donors (Lipinski definition) is 1. The Morgan fingerprint density at radius 1 is 1.18 bits per heavy atom. The summed E-state index contributed by atoms with van der Waals surface area (Å²) in [6.45, 7) is 2.31. The monoisotopic (exact) mass is 466 g/mol. The number of nitrogens with zero attached hydrogens (tertiary/aromatic N) is 2. The first-order chi connectivity index (χ1) is 15.9. The predicted octanol–water partition coefficient (Wildman–Crippen LogP) is 4.89. The van der Waals surface area contributed by atoms with Crippen LogP contribution in [0.1, 0.15) is 29.7 Å². The maximum absolute atomic E-state index is 13.6. The number of aliphatic hydroxyl groups is 1. The van der Waals surface area contributed by atoms with Gasteiger partial charge in [-0.2, -0.15) is 0 Å². The van der Waals surface area contributed by atoms with Crippen LogP contribution >= 0.6 is 11.6 Å². The van der Waals surface area contributed by atoms with Crippen LogP contribution < -0.4 is 4.74 Å². The zero-order valence-electron chi connectivity index (χ0n) is 17.7. The van der Waals surface area contributed by atoms with Gasteiger partial charge in [0, 0.05) is 24.5 Å². The molecule has 1 atom stereocenters. The molecule has 1 aliphatic heterocycles. The number of Topliss-reactive ketones (excluding diaryl/α,β-unsaturated/α-hetero) is 1. The molecular formula is C25H20ClFN2O4. The highest BCUT2D eigenvalue weighted by Gasteiger charge is 2.46. The highest BCUT2D eigenvalue weighted by atomic mass is 35.5. The smallest absolute Gasteiger partial charge is 0.295 e. The Morgan fingerprint density at radius 2 is 1.94 bits per heavy atom. The molecule has 0 radical (unpaired) electrons. The molecule has 0 unspecified atom stereocenters. The lowest BCUT2D eigenvalue weighted by molar-refractivity contribution is -0.140. The van der Waals surface area contributed by atoms with Gasteiger partial charge < -0.3 is 14.7 Å². The lowest BCUT2D eigenvalue weighted by atomic mass is 9.95. The number of pyridine rings is 1. The van der Waals surface area contributed by atoms with Crippen molar-refractivity contribution >= 4 is 29.1 Å². The number of halogens is 2. The van der Waals surface area contributed by atoms with E-state index in [2.05, 4.69) is 4.98 Å². The number of carbonyl (C=O) groups excluding carboxylic acids is 2. The molecule has 1 fully saturated rings. The Morgan fingerprint density at radius 3 is 2.58 bits per heavy atom. The van der Waals surface area contributed by atoms with E-state index in [1.54, 1.807) is 36.7 Å². The summed E-state index contributed by atoms with van der Waals surface area (Å²) >= 11 is 6.26. The molecule has 6 nitrogen and oxygen atoms in total. The maximum Gasteiger partial charge on any atom is 0.295 e. The lowest BCUT2D eigenvalue weighted by Crippen LogP contribution is -2.29. The summed E-state index contributed by atoms with van der Waals surface area (Å²) in [5.41, 5.74) is 1.35. The number of benzene rings is 2. The van der Waals surface area contributed by atoms with Crippen molar-refractivity contribution in [3.8, 4) is 5.75 Å². The average Bonchev–Trinajstić information content (AvgIpc) is 3.06. The van der Waals surface area contributed by atoms with Crippen LogP contribution in [-0.2, 0) is 16.1 Å². The van der Waals surface area contributed by atoms with Crippen LogP contribution in [0, 0.1) is 5.82 Å². The molecule has 0 bridgehead atoms. The lowest BCUT2D eigenvalue weighted by Gasteiger charge is -2.25. The third-order valence-corrected chi connectivity index (χ3v) is 5.60. The van der Waals surface area contributed by atoms with Crippen molar-refractivity contribution in [1.82, 2.24) is 9.88 Å². The minimum Gasteiger partial charge on any atom is -0.507 e. The van der Waals surface area contributed by atoms with E-state index in [0.717, 1.165) is 0 Å². The van der Waals surface area contributed by atoms with Gasteiger partial charge >= 0.3 is 0 Å². The maximum atomic E-state index is 13.6. The second kappa shape index (κ2) is 9.42. The predicted molar refractivity (Wildman–Crippen MR) is 121 cm³/mol. The van der Waals surface area contributed by atoms with Gasteiger partial charge in [-0.05, 0) is 54.4 Å². The molecule has 33 heavy (non-hydrogen) atoms. The van der Waals surface area contributed by atoms with Crippen LogP contribution in [0.3, 0.4) is 0 Å². The summed E-state index contributed by atoms with van der Waals surface area (Å²) in [7, 11) is 0. The zero-order valence-corrected chi connectivity index (χ0v) is 18.4. The highest BCUT2D eigenvalue weighted by Crippen LogP contribution is 2.41. The van der Waals surface area contributed by atoms with Crippen molar-refractivity contribution in [2.45, 2.75) is 19.5 Å². The Balaban J connectivity index is 1.84. The summed E-state index contributed by atoms with van der Waals surface area (Å²) in [6, 6.07) is 12.7. The molecule has 0 aliphatic carbocycles. The number of carbonyl (C=O) groups is 2. The second-order valence-electron chi connectivity index (χ2n) is 7.42. The first-order valence-corrected chi connectivity index (χ1v) is 10.6. The summed E-state index contributed by atoms with van der Waals surface area (Å²) in [6.07, 6.45) is 3.19. The molecule has 3 aromatic rings. The fourth-order valence-corrected chi connectivity index (χ4v) is 4.03. The van der Waals surface area contributed by atoms with Gasteiger partial charge in [-0.25, -0.2) is 4.39 Å². The number of ketones is 1. The summed E-state index contributed by atoms with van der Waals surface area (Å²) < 4.78 is 19.0. The van der Waals surface area contributed by atoms with Gasteiger partial charge in [0.05, 0.1) is 23.2 Å². The molecule has 1 N–H and O–H groups in total. The van der Waals surface area contributed by atoms with E-state index < -0.39 is 23.5 Å². The standard InChI is InChI=1S/C25H20ClFN2O4/c1-2-33-20-10-7-17(12-19(20)26)23(30)21-22(16-5-8-18(27)9-6-16)29(25(32)24(21)31)14-15-4-3-11-28-13-15/h3-13,22,30H,2,14H2,1H3/t22-/m0/s1. The molecule has 0 spiro atoms. The number of likely N-dealkylation sites (tertiary alicyclic amines) is 1. The van der Waals surface area contributed by atoms with Crippen molar-refractivity contribution in [2.75, 3.05) is 6.61 Å². The third-order valence-electron chi connectivity index (χ3n) is 5.31. The molecule has 4 rings (SSSR count). The number of amides is 1. The largest absolute Gasteiger partial charge is 0.507 e. The Bertz CT molecular complexity index is 1230. The van der Waals surface area contributed by atoms with E-state index in [9.17, 15) is 19.1 Å². The van der Waals surface area contributed by atoms with Crippen molar-refractivity contribution < 1.29 is 23.8 Å². The molecule has 2 heterocycles. The molecule has 8 heteroatoms. The molecule has 2 aromatic carbocycles. The van der Waals surface area contributed by atoms with Gasteiger partial charge in [-0.1, -0.05) is 29.8 Å². The van der Waals surface area contributed by atoms with Crippen LogP contribution in [0.4, 0.5) is 4.39 Å². The SMILES string of the molecule is CCOc1ccc(C(O)=C2C(=O)C(=O)N(Cc3cccnc3)[C@H]2c2ccc(F)cc2)cc1Cl. The molecule has 0 saturated carbocycles. The Hall–Kier alpha value is -3.71. The van der Waals surface area contributed by atoms with E-state index >= 15 is 0 Å². The fourth-order valence-electron chi connectivity index (χ4n) is 3.80. The normalized spacial score (nSPS) is 17.4. The fraction of sp³-hybridized carbons (Fsp3) is 0.160. The van der Waals surface area contributed by atoms with Gasteiger partial charge in [0.15, 0.2) is 0 Å². The van der Waals surface area contributed by atoms with Gasteiger partial charge in [-0.3, -0.25) is 14.6 Å². The Kier molecular flexibility index (Phi) is 6.42. The number of aliphatic hydroxyl groups excluding tert-OH is 1. The van der Waals surface area contributed by atoms with E-state index in [1.165, 1.54) is 35.2 Å².